The highest BCUT2D eigenvalue weighted by atomic mass is 16.1. The molecule has 4 aromatic rings. The molecule has 3 heterocycles. The topological polar surface area (TPSA) is 79.7 Å². The van der Waals surface area contributed by atoms with Crippen LogP contribution in [0.3, 0.4) is 0 Å². The van der Waals surface area contributed by atoms with Crippen molar-refractivity contribution in [2.45, 2.75) is 58.0 Å². The molecular weight excluding hydrogens is 412 g/mol. The number of benzene rings is 2. The van der Waals surface area contributed by atoms with Gasteiger partial charge in [-0.25, -0.2) is 4.68 Å². The fourth-order valence-electron chi connectivity index (χ4n) is 5.77. The maximum Gasteiger partial charge on any atom is 0.254 e. The van der Waals surface area contributed by atoms with E-state index in [-0.39, 0.29) is 11.6 Å². The van der Waals surface area contributed by atoms with Crippen molar-refractivity contribution >= 4 is 16.6 Å². The van der Waals surface area contributed by atoms with Gasteiger partial charge in [0.1, 0.15) is 6.04 Å². The average molecular weight is 441 g/mol. The van der Waals surface area contributed by atoms with Crippen LogP contribution in [0.25, 0.3) is 10.9 Å². The Morgan fingerprint density at radius 1 is 1.09 bits per heavy atom. The van der Waals surface area contributed by atoms with Crippen LogP contribution in [-0.4, -0.2) is 31.7 Å². The number of fused-ring (bicyclic) bond motifs is 2. The van der Waals surface area contributed by atoms with Crippen molar-refractivity contribution in [3.63, 3.8) is 0 Å². The zero-order valence-corrected chi connectivity index (χ0v) is 19.1. The first-order valence-corrected chi connectivity index (χ1v) is 11.9. The van der Waals surface area contributed by atoms with Gasteiger partial charge in [-0.05, 0) is 78.2 Å². The molecule has 168 valence electrons. The maximum absolute atomic E-state index is 13.5. The van der Waals surface area contributed by atoms with Crippen molar-refractivity contribution in [2.75, 3.05) is 11.4 Å². The van der Waals surface area contributed by atoms with E-state index in [1.54, 1.807) is 0 Å². The first-order chi connectivity index (χ1) is 16.1. The molecule has 1 atom stereocenters. The van der Waals surface area contributed by atoms with E-state index >= 15 is 0 Å². The summed E-state index contributed by atoms with van der Waals surface area (Å²) in [5.41, 5.74) is 6.22. The summed E-state index contributed by atoms with van der Waals surface area (Å²) >= 11 is 0. The molecule has 0 unspecified atom stereocenters. The molecule has 6 rings (SSSR count). The number of aromatic nitrogens is 5. The smallest absolute Gasteiger partial charge is 0.254 e. The minimum absolute atomic E-state index is 0.0789. The largest absolute Gasteiger partial charge is 0.357 e. The summed E-state index contributed by atoms with van der Waals surface area (Å²) in [6, 6.07) is 14.7. The Balaban J connectivity index is 1.57. The van der Waals surface area contributed by atoms with E-state index < -0.39 is 0 Å². The Bertz CT molecular complexity index is 1400. The van der Waals surface area contributed by atoms with Crippen LogP contribution in [0.1, 0.15) is 65.8 Å². The van der Waals surface area contributed by atoms with Crippen molar-refractivity contribution in [2.24, 2.45) is 0 Å². The Morgan fingerprint density at radius 2 is 1.91 bits per heavy atom. The van der Waals surface area contributed by atoms with Crippen molar-refractivity contribution in [3.05, 3.63) is 80.9 Å². The Kier molecular flexibility index (Phi) is 4.78. The molecule has 1 fully saturated rings. The number of rotatable bonds is 4. The summed E-state index contributed by atoms with van der Waals surface area (Å²) < 4.78 is 1.99. The molecule has 1 aliphatic heterocycles. The predicted molar refractivity (Wildman–Crippen MR) is 129 cm³/mol. The zero-order valence-electron chi connectivity index (χ0n) is 19.1. The van der Waals surface area contributed by atoms with Crippen LogP contribution in [0.5, 0.6) is 0 Å². The SMILES string of the molecule is Cc1cc(C)c2[nH]c(=O)c([C@H](c3nnnn3C3CCCC3)N3CCc4ccccc43)cc2c1. The van der Waals surface area contributed by atoms with Gasteiger partial charge in [-0.1, -0.05) is 42.7 Å². The number of anilines is 1. The number of para-hydroxylation sites is 1. The van der Waals surface area contributed by atoms with Gasteiger partial charge in [-0.15, -0.1) is 5.10 Å². The van der Waals surface area contributed by atoms with E-state index in [1.165, 1.54) is 24.0 Å². The summed E-state index contributed by atoms with van der Waals surface area (Å²) in [4.78, 5) is 19.0. The first-order valence-electron chi connectivity index (χ1n) is 11.9. The highest BCUT2D eigenvalue weighted by Crippen LogP contribution is 2.39. The van der Waals surface area contributed by atoms with Crippen LogP contribution in [0, 0.1) is 13.8 Å². The lowest BCUT2D eigenvalue weighted by Gasteiger charge is -2.30. The second-order valence-electron chi connectivity index (χ2n) is 9.49. The number of nitrogens with one attached hydrogen (secondary N) is 1. The summed E-state index contributed by atoms with van der Waals surface area (Å²) in [6.45, 7) is 4.96. The third-order valence-electron chi connectivity index (χ3n) is 7.28. The molecular formula is C26H28N6O. The normalized spacial score (nSPS) is 17.1. The predicted octanol–water partition coefficient (Wildman–Crippen LogP) is 4.40. The zero-order chi connectivity index (χ0) is 22.5. The van der Waals surface area contributed by atoms with Gasteiger partial charge in [0.05, 0.1) is 11.6 Å². The van der Waals surface area contributed by atoms with Gasteiger partial charge in [0, 0.05) is 17.8 Å². The summed E-state index contributed by atoms with van der Waals surface area (Å²) in [6.07, 6.45) is 5.48. The van der Waals surface area contributed by atoms with Crippen LogP contribution < -0.4 is 10.5 Å². The van der Waals surface area contributed by atoms with Gasteiger partial charge in [-0.3, -0.25) is 4.79 Å². The van der Waals surface area contributed by atoms with E-state index in [4.69, 9.17) is 0 Å². The number of nitrogens with zero attached hydrogens (tertiary/aromatic N) is 5. The van der Waals surface area contributed by atoms with Crippen LogP contribution in [0.15, 0.2) is 47.3 Å². The van der Waals surface area contributed by atoms with Gasteiger partial charge in [0.2, 0.25) is 0 Å². The molecule has 2 aliphatic rings. The molecule has 0 bridgehead atoms. The quantitative estimate of drug-likeness (QED) is 0.509. The molecule has 1 aliphatic carbocycles. The number of tetrazole rings is 1. The maximum atomic E-state index is 13.5. The minimum Gasteiger partial charge on any atom is -0.357 e. The van der Waals surface area contributed by atoms with Crippen molar-refractivity contribution in [3.8, 4) is 0 Å². The third kappa shape index (κ3) is 3.34. The number of aromatic amines is 1. The Labute approximate surface area is 192 Å². The summed E-state index contributed by atoms with van der Waals surface area (Å²) in [5.74, 6) is 0.757. The monoisotopic (exact) mass is 440 g/mol. The van der Waals surface area contributed by atoms with Gasteiger partial charge >= 0.3 is 0 Å². The molecule has 0 amide bonds. The molecule has 0 saturated heterocycles. The lowest BCUT2D eigenvalue weighted by atomic mass is 10.00. The van der Waals surface area contributed by atoms with Crippen LogP contribution in [-0.2, 0) is 6.42 Å². The molecule has 0 spiro atoms. The molecule has 1 saturated carbocycles. The Hall–Kier alpha value is -3.48. The van der Waals surface area contributed by atoms with Gasteiger partial charge in [0.15, 0.2) is 5.82 Å². The van der Waals surface area contributed by atoms with Crippen LogP contribution in [0.2, 0.25) is 0 Å². The van der Waals surface area contributed by atoms with Crippen molar-refractivity contribution < 1.29 is 0 Å². The van der Waals surface area contributed by atoms with E-state index in [2.05, 4.69) is 68.7 Å². The number of H-pyrrole nitrogens is 1. The molecule has 7 heteroatoms. The average Bonchev–Trinajstić information content (AvgIpc) is 3.56. The number of pyridine rings is 1. The molecule has 0 radical (unpaired) electrons. The lowest BCUT2D eigenvalue weighted by molar-refractivity contribution is 0.428. The highest BCUT2D eigenvalue weighted by Gasteiger charge is 2.36. The molecule has 1 N–H and O–H groups in total. The van der Waals surface area contributed by atoms with Crippen LogP contribution in [0.4, 0.5) is 5.69 Å². The number of hydrogen-bond donors (Lipinski definition) is 1. The second kappa shape index (κ2) is 7.83. The second-order valence-corrected chi connectivity index (χ2v) is 9.49. The number of aryl methyl sites for hydroxylation is 2. The minimum atomic E-state index is -0.349. The first kappa shape index (κ1) is 20.1. The van der Waals surface area contributed by atoms with Gasteiger partial charge < -0.3 is 9.88 Å². The van der Waals surface area contributed by atoms with E-state index in [0.717, 1.165) is 53.8 Å². The molecule has 2 aromatic heterocycles. The van der Waals surface area contributed by atoms with Crippen molar-refractivity contribution in [1.82, 2.24) is 25.2 Å². The number of hydrogen-bond acceptors (Lipinski definition) is 5. The van der Waals surface area contributed by atoms with Crippen molar-refractivity contribution in [1.29, 1.82) is 0 Å². The summed E-state index contributed by atoms with van der Waals surface area (Å²) in [7, 11) is 0. The van der Waals surface area contributed by atoms with E-state index in [9.17, 15) is 4.79 Å². The van der Waals surface area contributed by atoms with Gasteiger partial charge in [0.25, 0.3) is 5.56 Å². The lowest BCUT2D eigenvalue weighted by Crippen LogP contribution is -2.34. The standard InChI is InChI=1S/C26H28N6O/c1-16-13-17(2)23-19(14-16)15-21(26(33)27-23)24(31-12-11-18-7-3-6-10-22(18)31)25-28-29-30-32(25)20-8-4-5-9-20/h3,6-7,10,13-15,20,24H,4-5,8-9,11-12H2,1-2H3,(H,27,33)/t24-/m1/s1. The van der Waals surface area contributed by atoms with E-state index in [0.29, 0.717) is 11.6 Å². The fraction of sp³-hybridized carbons (Fsp3) is 0.385. The fourth-order valence-corrected chi connectivity index (χ4v) is 5.77. The van der Waals surface area contributed by atoms with Crippen LogP contribution >= 0.6 is 0 Å². The molecule has 2 aromatic carbocycles. The third-order valence-corrected chi connectivity index (χ3v) is 7.28. The Morgan fingerprint density at radius 3 is 2.76 bits per heavy atom. The van der Waals surface area contributed by atoms with Gasteiger partial charge in [-0.2, -0.15) is 0 Å². The summed E-state index contributed by atoms with van der Waals surface area (Å²) in [5, 5.41) is 14.1. The molecule has 7 nitrogen and oxygen atoms in total. The van der Waals surface area contributed by atoms with E-state index in [1.807, 2.05) is 17.7 Å². The highest BCUT2D eigenvalue weighted by molar-refractivity contribution is 5.83. The molecule has 33 heavy (non-hydrogen) atoms.